The van der Waals surface area contributed by atoms with E-state index in [0.29, 0.717) is 12.0 Å². The van der Waals surface area contributed by atoms with Crippen molar-refractivity contribution in [3.05, 3.63) is 87.1 Å². The van der Waals surface area contributed by atoms with Crippen LogP contribution in [0.2, 0.25) is 0 Å². The minimum atomic E-state index is -0.693. The van der Waals surface area contributed by atoms with Crippen LogP contribution in [0.5, 0.6) is 0 Å². The number of pyridine rings is 2. The van der Waals surface area contributed by atoms with Crippen molar-refractivity contribution < 1.29 is 14.3 Å². The molecule has 0 bridgehead atoms. The summed E-state index contributed by atoms with van der Waals surface area (Å²) in [5, 5.41) is 3.04. The van der Waals surface area contributed by atoms with Crippen LogP contribution in [-0.2, 0) is 14.3 Å². The SMILES string of the molecule is CCCC[C@H](C(=O)N[C@H](CC(=O)OC)c1cncc(-c2c(C)cccc2C)c1)n1cc(C)c(C)cc1=O. The first-order valence-corrected chi connectivity index (χ1v) is 12.7. The fourth-order valence-corrected chi connectivity index (χ4v) is 4.61. The quantitative estimate of drug-likeness (QED) is 0.380. The van der Waals surface area contributed by atoms with E-state index in [9.17, 15) is 14.4 Å². The predicted octanol–water partition coefficient (Wildman–Crippen LogP) is 5.30. The van der Waals surface area contributed by atoms with Crippen LogP contribution in [0.25, 0.3) is 11.1 Å². The topological polar surface area (TPSA) is 90.3 Å². The Balaban J connectivity index is 2.00. The molecule has 2 aromatic heterocycles. The largest absolute Gasteiger partial charge is 0.469 e. The molecule has 3 rings (SSSR count). The summed E-state index contributed by atoms with van der Waals surface area (Å²) in [6, 6.07) is 8.26. The number of methoxy groups -OCH3 is 1. The fourth-order valence-electron chi connectivity index (χ4n) is 4.61. The molecular formula is C30H37N3O4. The summed E-state index contributed by atoms with van der Waals surface area (Å²) in [5.74, 6) is -0.763. The molecule has 1 aromatic carbocycles. The number of hydrogen-bond donors (Lipinski definition) is 1. The van der Waals surface area contributed by atoms with Gasteiger partial charge in [0.1, 0.15) is 6.04 Å². The number of benzene rings is 1. The minimum Gasteiger partial charge on any atom is -0.469 e. The molecule has 7 heteroatoms. The molecule has 1 amide bonds. The number of aromatic nitrogens is 2. The number of carbonyl (C=O) groups is 2. The van der Waals surface area contributed by atoms with Crippen molar-refractivity contribution in [1.82, 2.24) is 14.9 Å². The molecule has 0 radical (unpaired) electrons. The van der Waals surface area contributed by atoms with Crippen LogP contribution in [0.4, 0.5) is 0 Å². The lowest BCUT2D eigenvalue weighted by molar-refractivity contribution is -0.141. The zero-order chi connectivity index (χ0) is 27.1. The van der Waals surface area contributed by atoms with E-state index in [1.165, 1.54) is 11.7 Å². The van der Waals surface area contributed by atoms with Gasteiger partial charge in [0, 0.05) is 30.2 Å². The first-order chi connectivity index (χ1) is 17.7. The maximum absolute atomic E-state index is 13.7. The smallest absolute Gasteiger partial charge is 0.307 e. The Morgan fingerprint density at radius 2 is 1.73 bits per heavy atom. The van der Waals surface area contributed by atoms with E-state index in [1.54, 1.807) is 24.7 Å². The first kappa shape index (κ1) is 27.8. The molecule has 0 saturated heterocycles. The molecule has 1 N–H and O–H groups in total. The highest BCUT2D eigenvalue weighted by Gasteiger charge is 2.27. The summed E-state index contributed by atoms with van der Waals surface area (Å²) in [4.78, 5) is 43.3. The summed E-state index contributed by atoms with van der Waals surface area (Å²) >= 11 is 0. The van der Waals surface area contributed by atoms with Gasteiger partial charge in [0.25, 0.3) is 5.56 Å². The molecule has 0 unspecified atom stereocenters. The summed E-state index contributed by atoms with van der Waals surface area (Å²) in [6.07, 6.45) is 7.32. The molecule has 0 spiro atoms. The normalized spacial score (nSPS) is 12.6. The Labute approximate surface area is 218 Å². The van der Waals surface area contributed by atoms with Gasteiger partial charge in [-0.2, -0.15) is 0 Å². The van der Waals surface area contributed by atoms with E-state index in [2.05, 4.69) is 10.3 Å². The van der Waals surface area contributed by atoms with E-state index < -0.39 is 18.1 Å². The highest BCUT2D eigenvalue weighted by atomic mass is 16.5. The lowest BCUT2D eigenvalue weighted by atomic mass is 9.94. The monoisotopic (exact) mass is 503 g/mol. The summed E-state index contributed by atoms with van der Waals surface area (Å²) in [7, 11) is 1.32. The highest BCUT2D eigenvalue weighted by molar-refractivity contribution is 5.82. The summed E-state index contributed by atoms with van der Waals surface area (Å²) < 4.78 is 6.44. The minimum absolute atomic E-state index is 0.0531. The molecule has 0 aliphatic rings. The second-order valence-electron chi connectivity index (χ2n) is 9.66. The molecule has 7 nitrogen and oxygen atoms in total. The Hall–Kier alpha value is -3.74. The van der Waals surface area contributed by atoms with Gasteiger partial charge in [-0.1, -0.05) is 38.0 Å². The van der Waals surface area contributed by atoms with Gasteiger partial charge in [0.15, 0.2) is 0 Å². The lowest BCUT2D eigenvalue weighted by Gasteiger charge is -2.25. The lowest BCUT2D eigenvalue weighted by Crippen LogP contribution is -2.39. The van der Waals surface area contributed by atoms with Gasteiger partial charge >= 0.3 is 5.97 Å². The molecular weight excluding hydrogens is 466 g/mol. The molecule has 2 heterocycles. The van der Waals surface area contributed by atoms with Crippen molar-refractivity contribution in [3.8, 4) is 11.1 Å². The van der Waals surface area contributed by atoms with Crippen LogP contribution in [-0.4, -0.2) is 28.5 Å². The second kappa shape index (κ2) is 12.5. The van der Waals surface area contributed by atoms with Crippen LogP contribution in [0.3, 0.4) is 0 Å². The standard InChI is InChI=1S/C30H37N3O4/c1-7-8-12-26(33-18-22(5)21(4)13-27(33)34)30(36)32-25(15-28(35)37-6)23-14-24(17-31-16-23)29-19(2)10-9-11-20(29)3/h9-11,13-14,16-18,25-26H,7-8,12,15H2,1-6H3,(H,32,36)/t25-,26-/m1/s1. The zero-order valence-electron chi connectivity index (χ0n) is 22.6. The van der Waals surface area contributed by atoms with Gasteiger partial charge in [0.05, 0.1) is 19.6 Å². The van der Waals surface area contributed by atoms with E-state index in [0.717, 1.165) is 46.2 Å². The van der Waals surface area contributed by atoms with Crippen molar-refractivity contribution in [1.29, 1.82) is 0 Å². The van der Waals surface area contributed by atoms with Crippen molar-refractivity contribution >= 4 is 11.9 Å². The number of carbonyl (C=O) groups excluding carboxylic acids is 2. The van der Waals surface area contributed by atoms with Crippen LogP contribution >= 0.6 is 0 Å². The number of esters is 1. The number of nitrogens with one attached hydrogen (secondary N) is 1. The molecule has 3 aromatic rings. The van der Waals surface area contributed by atoms with Gasteiger partial charge in [0.2, 0.25) is 5.91 Å². The Morgan fingerprint density at radius 3 is 2.38 bits per heavy atom. The summed E-state index contributed by atoms with van der Waals surface area (Å²) in [5.41, 5.74) is 6.50. The predicted molar refractivity (Wildman–Crippen MR) is 145 cm³/mol. The van der Waals surface area contributed by atoms with Gasteiger partial charge in [-0.15, -0.1) is 0 Å². The molecule has 0 fully saturated rings. The van der Waals surface area contributed by atoms with Crippen molar-refractivity contribution in [2.75, 3.05) is 7.11 Å². The average Bonchev–Trinajstić information content (AvgIpc) is 2.86. The van der Waals surface area contributed by atoms with Crippen molar-refractivity contribution in [2.24, 2.45) is 0 Å². The van der Waals surface area contributed by atoms with E-state index in [-0.39, 0.29) is 17.9 Å². The molecule has 37 heavy (non-hydrogen) atoms. The Bertz CT molecular complexity index is 1310. The number of amides is 1. The number of hydrogen-bond acceptors (Lipinski definition) is 5. The molecule has 0 aliphatic heterocycles. The maximum atomic E-state index is 13.7. The van der Waals surface area contributed by atoms with E-state index >= 15 is 0 Å². The average molecular weight is 504 g/mol. The molecule has 0 aliphatic carbocycles. The van der Waals surface area contributed by atoms with Crippen LogP contribution < -0.4 is 10.9 Å². The zero-order valence-corrected chi connectivity index (χ0v) is 22.6. The maximum Gasteiger partial charge on any atom is 0.307 e. The third-order valence-electron chi connectivity index (χ3n) is 6.87. The molecule has 196 valence electrons. The first-order valence-electron chi connectivity index (χ1n) is 12.7. The van der Waals surface area contributed by atoms with Gasteiger partial charge in [-0.3, -0.25) is 19.4 Å². The highest BCUT2D eigenvalue weighted by Crippen LogP contribution is 2.29. The number of rotatable bonds is 10. The third-order valence-corrected chi connectivity index (χ3v) is 6.87. The van der Waals surface area contributed by atoms with Crippen molar-refractivity contribution in [3.63, 3.8) is 0 Å². The van der Waals surface area contributed by atoms with Crippen LogP contribution in [0.1, 0.15) is 72.5 Å². The number of aryl methyl sites for hydroxylation is 4. The number of nitrogens with zero attached hydrogens (tertiary/aromatic N) is 2. The van der Waals surface area contributed by atoms with Crippen LogP contribution in [0, 0.1) is 27.7 Å². The third kappa shape index (κ3) is 6.73. The van der Waals surface area contributed by atoms with Crippen molar-refractivity contribution in [2.45, 2.75) is 72.4 Å². The fraction of sp³-hybridized carbons (Fsp3) is 0.400. The van der Waals surface area contributed by atoms with E-state index in [1.807, 2.05) is 58.9 Å². The molecule has 0 saturated carbocycles. The summed E-state index contributed by atoms with van der Waals surface area (Å²) in [6.45, 7) is 9.93. The molecule has 2 atom stereocenters. The Kier molecular flexibility index (Phi) is 9.39. The number of unbranched alkanes of at least 4 members (excludes halogenated alkanes) is 1. The Morgan fingerprint density at radius 1 is 1.03 bits per heavy atom. The van der Waals surface area contributed by atoms with Gasteiger partial charge in [-0.25, -0.2) is 0 Å². The van der Waals surface area contributed by atoms with Gasteiger partial charge in [-0.05, 0) is 73.6 Å². The van der Waals surface area contributed by atoms with Crippen LogP contribution in [0.15, 0.2) is 53.7 Å². The number of ether oxygens (including phenoxy) is 1. The van der Waals surface area contributed by atoms with E-state index in [4.69, 9.17) is 4.74 Å². The second-order valence-corrected chi connectivity index (χ2v) is 9.66. The van der Waals surface area contributed by atoms with Gasteiger partial charge < -0.3 is 14.6 Å².